The third kappa shape index (κ3) is 14.4. The van der Waals surface area contributed by atoms with Gasteiger partial charge in [-0.15, -0.1) is 11.8 Å². The van der Waals surface area contributed by atoms with E-state index in [0.717, 1.165) is 0 Å². The van der Waals surface area contributed by atoms with Crippen LogP contribution in [0.15, 0.2) is 0 Å². The fraction of sp³-hybridized carbons (Fsp3) is 0.500. The molecule has 24 valence electrons. The van der Waals surface area contributed by atoms with Gasteiger partial charge in [0.15, 0.2) is 0 Å². The van der Waals surface area contributed by atoms with Gasteiger partial charge in [-0.2, -0.15) is 0 Å². The van der Waals surface area contributed by atoms with Crippen LogP contribution < -0.4 is 0 Å². The molecule has 0 spiro atoms. The predicted octanol–water partition coefficient (Wildman–Crippen LogP) is 0.381. The van der Waals surface area contributed by atoms with Crippen LogP contribution in [-0.4, -0.2) is 18.9 Å². The van der Waals surface area contributed by atoms with Gasteiger partial charge in [-0.3, -0.25) is 0 Å². The predicted molar refractivity (Wildman–Crippen MR) is 26.3 cm³/mol. The van der Waals surface area contributed by atoms with E-state index in [9.17, 15) is 0 Å². The molecule has 0 rings (SSSR count). The molecule has 0 aliphatic carbocycles. The van der Waals surface area contributed by atoms with Gasteiger partial charge >= 0.3 is 18.9 Å². The Bertz CT molecular complexity index is 40.4. The molecule has 0 unspecified atom stereocenters. The van der Waals surface area contributed by atoms with Gasteiger partial charge in [0.1, 0.15) is 0 Å². The van der Waals surface area contributed by atoms with Crippen LogP contribution in [0.2, 0.25) is 0 Å². The summed E-state index contributed by atoms with van der Waals surface area (Å²) in [4.78, 5) is 0. The average Bonchev–Trinajstić information content (AvgIpc) is 1.37. The van der Waals surface area contributed by atoms with Crippen molar-refractivity contribution < 1.29 is 0 Å². The molecule has 0 amide bonds. The van der Waals surface area contributed by atoms with Crippen molar-refractivity contribution in [1.29, 1.82) is 0 Å². The van der Waals surface area contributed by atoms with Crippen LogP contribution in [0.4, 0.5) is 0 Å². The van der Waals surface area contributed by atoms with Crippen molar-refractivity contribution in [3.63, 3.8) is 0 Å². The van der Waals surface area contributed by atoms with Crippen LogP contribution in [-0.2, 0) is 0 Å². The first-order valence-electron chi connectivity index (χ1n) is 1.25. The van der Waals surface area contributed by atoms with Crippen LogP contribution in [0.1, 0.15) is 13.8 Å². The molecule has 0 aromatic heterocycles. The van der Waals surface area contributed by atoms with Gasteiger partial charge < -0.3 is 0 Å². The minimum absolute atomic E-state index is 0. The van der Waals surface area contributed by atoms with Crippen molar-refractivity contribution in [2.75, 3.05) is 0 Å². The Hall–Kier alpha value is 0.157. The van der Waals surface area contributed by atoms with Gasteiger partial charge in [-0.25, -0.2) is 0 Å². The van der Waals surface area contributed by atoms with E-state index < -0.39 is 0 Å². The molecule has 0 saturated carbocycles. The van der Waals surface area contributed by atoms with Gasteiger partial charge in [0.25, 0.3) is 0 Å². The Morgan fingerprint density at radius 2 is 1.20 bits per heavy atom. The van der Waals surface area contributed by atoms with Crippen LogP contribution in [0.5, 0.6) is 0 Å². The summed E-state index contributed by atoms with van der Waals surface area (Å²) in [6.45, 7) is 3.64. The van der Waals surface area contributed by atoms with E-state index >= 15 is 0 Å². The van der Waals surface area contributed by atoms with E-state index in [1.165, 1.54) is 0 Å². The molecule has 0 fully saturated rings. The standard InChI is InChI=1S/C4H6.Li.H/c1-3-4-2;;/h1-2H3;;. The van der Waals surface area contributed by atoms with Gasteiger partial charge in [0.05, 0.1) is 0 Å². The summed E-state index contributed by atoms with van der Waals surface area (Å²) in [6.07, 6.45) is 0. The molecule has 1 heteroatoms. The number of rotatable bonds is 0. The van der Waals surface area contributed by atoms with Gasteiger partial charge in [-0.1, -0.05) is 0 Å². The summed E-state index contributed by atoms with van der Waals surface area (Å²) in [5, 5.41) is 0. The zero-order valence-electron chi connectivity index (χ0n) is 3.00. The summed E-state index contributed by atoms with van der Waals surface area (Å²) in [5.41, 5.74) is 0. The molecule has 0 heterocycles. The molecule has 0 saturated heterocycles. The molecule has 0 radical (unpaired) electrons. The van der Waals surface area contributed by atoms with E-state index in [1.807, 2.05) is 13.8 Å². The van der Waals surface area contributed by atoms with E-state index in [1.54, 1.807) is 0 Å². The van der Waals surface area contributed by atoms with Crippen molar-refractivity contribution in [2.24, 2.45) is 0 Å². The third-order valence-electron chi connectivity index (χ3n) is 0.250. The molecule has 5 heavy (non-hydrogen) atoms. The molecule has 0 N–H and O–H groups in total. The van der Waals surface area contributed by atoms with E-state index in [2.05, 4.69) is 11.8 Å². The zero-order valence-corrected chi connectivity index (χ0v) is 3.00. The van der Waals surface area contributed by atoms with E-state index in [-0.39, 0.29) is 18.9 Å². The average molecular weight is 62.0 g/mol. The van der Waals surface area contributed by atoms with Gasteiger partial charge in [0, 0.05) is 0 Å². The maximum atomic E-state index is 2.68. The van der Waals surface area contributed by atoms with Crippen LogP contribution in [0.25, 0.3) is 0 Å². The second-order valence-electron chi connectivity index (χ2n) is 0.500. The van der Waals surface area contributed by atoms with E-state index in [4.69, 9.17) is 0 Å². The molecule has 0 aromatic carbocycles. The normalized spacial score (nSPS) is 2.80. The van der Waals surface area contributed by atoms with Crippen molar-refractivity contribution >= 4 is 18.9 Å². The second-order valence-corrected chi connectivity index (χ2v) is 0.500. The molecular weight excluding hydrogens is 55.0 g/mol. The number of hydrogen-bond acceptors (Lipinski definition) is 0. The molecule has 0 nitrogen and oxygen atoms in total. The fourth-order valence-corrected chi connectivity index (χ4v) is 0. The van der Waals surface area contributed by atoms with E-state index in [0.29, 0.717) is 0 Å². The Balaban J connectivity index is 0. The molecule has 0 atom stereocenters. The maximum absolute atomic E-state index is 2.68. The quantitative estimate of drug-likeness (QED) is 0.281. The van der Waals surface area contributed by atoms with Crippen molar-refractivity contribution in [1.82, 2.24) is 0 Å². The topological polar surface area (TPSA) is 0 Å². The molecule has 0 bridgehead atoms. The summed E-state index contributed by atoms with van der Waals surface area (Å²) >= 11 is 0. The number of hydrogen-bond donors (Lipinski definition) is 0. The van der Waals surface area contributed by atoms with Crippen molar-refractivity contribution in [3.8, 4) is 11.8 Å². The Kier molecular flexibility index (Phi) is 15.9. The molecular formula is C4H7Li. The third-order valence-corrected chi connectivity index (χ3v) is 0.250. The Morgan fingerprint density at radius 3 is 1.20 bits per heavy atom. The van der Waals surface area contributed by atoms with Crippen molar-refractivity contribution in [3.05, 3.63) is 0 Å². The first kappa shape index (κ1) is 8.94. The first-order valence-corrected chi connectivity index (χ1v) is 1.25. The second kappa shape index (κ2) is 8.90. The molecule has 0 aromatic rings. The monoisotopic (exact) mass is 62.1 g/mol. The molecule has 0 aliphatic heterocycles. The van der Waals surface area contributed by atoms with Gasteiger partial charge in [-0.05, 0) is 13.8 Å². The molecule has 0 aliphatic rings. The first-order chi connectivity index (χ1) is 1.91. The fourth-order valence-electron chi connectivity index (χ4n) is 0. The van der Waals surface area contributed by atoms with Crippen LogP contribution in [0, 0.1) is 11.8 Å². The van der Waals surface area contributed by atoms with Crippen LogP contribution in [0.3, 0.4) is 0 Å². The SMILES string of the molecule is CC#CC.[LiH]. The summed E-state index contributed by atoms with van der Waals surface area (Å²) < 4.78 is 0. The van der Waals surface area contributed by atoms with Crippen LogP contribution >= 0.6 is 0 Å². The summed E-state index contributed by atoms with van der Waals surface area (Å²) in [5.74, 6) is 5.36. The van der Waals surface area contributed by atoms with Crippen molar-refractivity contribution in [2.45, 2.75) is 13.8 Å². The Labute approximate surface area is 45.1 Å². The van der Waals surface area contributed by atoms with Gasteiger partial charge in [0.2, 0.25) is 0 Å². The summed E-state index contributed by atoms with van der Waals surface area (Å²) in [6, 6.07) is 0. The summed E-state index contributed by atoms with van der Waals surface area (Å²) in [7, 11) is 0. The minimum atomic E-state index is 0. The Morgan fingerprint density at radius 1 is 1.00 bits per heavy atom. The zero-order chi connectivity index (χ0) is 3.41.